The van der Waals surface area contributed by atoms with Crippen LogP contribution in [-0.2, 0) is 16.0 Å². The Morgan fingerprint density at radius 2 is 1.61 bits per heavy atom. The van der Waals surface area contributed by atoms with Gasteiger partial charge in [0.1, 0.15) is 5.69 Å². The molecule has 0 aliphatic heterocycles. The summed E-state index contributed by atoms with van der Waals surface area (Å²) in [5.74, 6) is 2.43. The Kier molecular flexibility index (Phi) is 5.00. The van der Waals surface area contributed by atoms with Crippen LogP contribution < -0.4 is 0 Å². The van der Waals surface area contributed by atoms with Crippen LogP contribution in [-0.4, -0.2) is 29.4 Å². The molecule has 3 aromatic rings. The molecule has 0 fully saturated rings. The van der Waals surface area contributed by atoms with Gasteiger partial charge in [0.2, 0.25) is 0 Å². The Labute approximate surface area is 159 Å². The highest BCUT2D eigenvalue weighted by atomic mass is 32.2. The third kappa shape index (κ3) is 3.77. The number of pyridine rings is 1. The Hall–Kier alpha value is -3.12. The highest BCUT2D eigenvalue weighted by Crippen LogP contribution is 2.42. The van der Waals surface area contributed by atoms with Gasteiger partial charge in [-0.15, -0.1) is 0 Å². The van der Waals surface area contributed by atoms with Crippen LogP contribution in [0.5, 0.6) is 0 Å². The molecule has 0 saturated heterocycles. The van der Waals surface area contributed by atoms with Crippen LogP contribution in [0.25, 0.3) is 22.4 Å². The van der Waals surface area contributed by atoms with Crippen molar-refractivity contribution < 1.29 is 21.6 Å². The van der Waals surface area contributed by atoms with E-state index < -0.39 is 21.7 Å². The van der Waals surface area contributed by atoms with Crippen molar-refractivity contribution in [2.24, 2.45) is 0 Å². The average Bonchev–Trinajstić information content (AvgIpc) is 3.02. The predicted molar refractivity (Wildman–Crippen MR) is 97.9 cm³/mol. The van der Waals surface area contributed by atoms with Crippen LogP contribution in [0.4, 0.5) is 13.2 Å². The van der Waals surface area contributed by atoms with Gasteiger partial charge in [-0.25, -0.2) is 8.42 Å². The molecule has 9 heteroatoms. The third-order valence-corrected chi connectivity index (χ3v) is 5.02. The fourth-order valence-corrected chi connectivity index (χ4v) is 3.35. The average molecular weight is 405 g/mol. The van der Waals surface area contributed by atoms with E-state index in [1.165, 1.54) is 43.6 Å². The molecule has 2 aromatic heterocycles. The van der Waals surface area contributed by atoms with E-state index in [0.29, 0.717) is 10.2 Å². The molecule has 0 bridgehead atoms. The van der Waals surface area contributed by atoms with Gasteiger partial charge in [-0.2, -0.15) is 23.0 Å². The summed E-state index contributed by atoms with van der Waals surface area (Å²) < 4.78 is 65.6. The molecule has 0 spiro atoms. The van der Waals surface area contributed by atoms with Gasteiger partial charge in [0.05, 0.1) is 4.90 Å². The maximum absolute atomic E-state index is 13.9. The number of sulfone groups is 1. The van der Waals surface area contributed by atoms with E-state index in [4.69, 9.17) is 0 Å². The molecule has 3 rings (SSSR count). The SMILES string of the molecule is CC#Cn1nc(-c2ccncc2)c(-c2ccc(S(C)(=O)=O)cc2)c1C(F)(F)F. The van der Waals surface area contributed by atoms with Gasteiger partial charge in [0.25, 0.3) is 0 Å². The van der Waals surface area contributed by atoms with E-state index >= 15 is 0 Å². The summed E-state index contributed by atoms with van der Waals surface area (Å²) in [4.78, 5) is 3.88. The Morgan fingerprint density at radius 1 is 1.00 bits per heavy atom. The maximum Gasteiger partial charge on any atom is 0.434 e. The van der Waals surface area contributed by atoms with Crippen LogP contribution >= 0.6 is 0 Å². The van der Waals surface area contributed by atoms with Crippen LogP contribution in [0.1, 0.15) is 12.6 Å². The van der Waals surface area contributed by atoms with Crippen LogP contribution in [0.2, 0.25) is 0 Å². The lowest BCUT2D eigenvalue weighted by molar-refractivity contribution is -0.142. The highest BCUT2D eigenvalue weighted by molar-refractivity contribution is 7.90. The first kappa shape index (κ1) is 19.6. The van der Waals surface area contributed by atoms with Gasteiger partial charge >= 0.3 is 6.18 Å². The van der Waals surface area contributed by atoms with E-state index in [-0.39, 0.29) is 21.7 Å². The van der Waals surface area contributed by atoms with E-state index in [1.807, 2.05) is 0 Å². The Morgan fingerprint density at radius 3 is 2.11 bits per heavy atom. The molecule has 0 aliphatic rings. The molecule has 0 aliphatic carbocycles. The number of alkyl halides is 3. The first-order valence-electron chi connectivity index (χ1n) is 7.97. The number of halogens is 3. The second-order valence-electron chi connectivity index (χ2n) is 5.88. The summed E-state index contributed by atoms with van der Waals surface area (Å²) in [6.45, 7) is 1.41. The fourth-order valence-electron chi connectivity index (χ4n) is 2.72. The van der Waals surface area contributed by atoms with Crippen LogP contribution in [0.3, 0.4) is 0 Å². The van der Waals surface area contributed by atoms with Gasteiger partial charge < -0.3 is 0 Å². The lowest BCUT2D eigenvalue weighted by atomic mass is 9.99. The molecule has 0 unspecified atom stereocenters. The normalized spacial score (nSPS) is 11.8. The first-order chi connectivity index (χ1) is 13.1. The number of benzene rings is 1. The zero-order chi connectivity index (χ0) is 20.5. The fraction of sp³-hybridized carbons (Fsp3) is 0.158. The summed E-state index contributed by atoms with van der Waals surface area (Å²) in [7, 11) is -3.48. The lowest BCUT2D eigenvalue weighted by Crippen LogP contribution is -2.13. The Balaban J connectivity index is 2.35. The monoisotopic (exact) mass is 405 g/mol. The van der Waals surface area contributed by atoms with Gasteiger partial charge in [-0.3, -0.25) is 4.98 Å². The van der Waals surface area contributed by atoms with Crippen molar-refractivity contribution in [2.45, 2.75) is 18.0 Å². The lowest BCUT2D eigenvalue weighted by Gasteiger charge is -2.11. The summed E-state index contributed by atoms with van der Waals surface area (Å²) in [5, 5.41) is 4.06. The van der Waals surface area contributed by atoms with Gasteiger partial charge in [0, 0.05) is 35.8 Å². The molecule has 144 valence electrons. The molecule has 0 saturated carbocycles. The minimum absolute atomic E-state index is 0.0102. The molecule has 0 N–H and O–H groups in total. The smallest absolute Gasteiger partial charge is 0.265 e. The summed E-state index contributed by atoms with van der Waals surface area (Å²) in [5.41, 5.74) is -0.526. The first-order valence-corrected chi connectivity index (χ1v) is 9.86. The zero-order valence-electron chi connectivity index (χ0n) is 14.8. The predicted octanol–water partition coefficient (Wildman–Crippen LogP) is 3.86. The molecule has 5 nitrogen and oxygen atoms in total. The van der Waals surface area contributed by atoms with Crippen molar-refractivity contribution in [3.8, 4) is 34.3 Å². The third-order valence-electron chi connectivity index (χ3n) is 3.90. The van der Waals surface area contributed by atoms with Gasteiger partial charge in [-0.1, -0.05) is 18.1 Å². The van der Waals surface area contributed by atoms with Crippen molar-refractivity contribution >= 4 is 9.84 Å². The number of hydrogen-bond acceptors (Lipinski definition) is 4. The molecule has 28 heavy (non-hydrogen) atoms. The zero-order valence-corrected chi connectivity index (χ0v) is 15.6. The van der Waals surface area contributed by atoms with Crippen LogP contribution in [0.15, 0.2) is 53.7 Å². The molecule has 0 radical (unpaired) electrons. The maximum atomic E-state index is 13.9. The van der Waals surface area contributed by atoms with Crippen molar-refractivity contribution in [3.63, 3.8) is 0 Å². The number of hydrogen-bond donors (Lipinski definition) is 0. The molecular weight excluding hydrogens is 391 g/mol. The van der Waals surface area contributed by atoms with Crippen molar-refractivity contribution in [2.75, 3.05) is 6.26 Å². The van der Waals surface area contributed by atoms with E-state index in [9.17, 15) is 21.6 Å². The van der Waals surface area contributed by atoms with Gasteiger partial charge in [0.15, 0.2) is 15.5 Å². The van der Waals surface area contributed by atoms with Crippen molar-refractivity contribution in [3.05, 3.63) is 54.5 Å². The van der Waals surface area contributed by atoms with Crippen molar-refractivity contribution in [1.82, 2.24) is 14.8 Å². The summed E-state index contributed by atoms with van der Waals surface area (Å²) >= 11 is 0. The minimum Gasteiger partial charge on any atom is -0.265 e. The molecule has 1 aromatic carbocycles. The molecule has 0 amide bonds. The van der Waals surface area contributed by atoms with Crippen LogP contribution in [0, 0.1) is 12.0 Å². The Bertz CT molecular complexity index is 1170. The van der Waals surface area contributed by atoms with E-state index in [0.717, 1.165) is 6.26 Å². The molecular formula is C19H14F3N3O2S. The number of nitrogens with zero attached hydrogens (tertiary/aromatic N) is 3. The van der Waals surface area contributed by atoms with E-state index in [1.54, 1.807) is 12.1 Å². The topological polar surface area (TPSA) is 64.8 Å². The number of rotatable bonds is 3. The standard InChI is InChI=1S/C19H14F3N3O2S/c1-3-12-25-18(19(20,21)22)16(17(24-25)14-8-10-23-11-9-14)13-4-6-15(7-5-13)28(2,26)27/h4-11H,1-2H3. The second kappa shape index (κ2) is 7.13. The van der Waals surface area contributed by atoms with E-state index in [2.05, 4.69) is 22.0 Å². The van der Waals surface area contributed by atoms with Crippen molar-refractivity contribution in [1.29, 1.82) is 0 Å². The highest BCUT2D eigenvalue weighted by Gasteiger charge is 2.40. The summed E-state index contributed by atoms with van der Waals surface area (Å²) in [6, 6.07) is 10.6. The largest absolute Gasteiger partial charge is 0.434 e. The quantitative estimate of drug-likeness (QED) is 0.621. The van der Waals surface area contributed by atoms with Gasteiger partial charge in [-0.05, 0) is 36.8 Å². The summed E-state index contributed by atoms with van der Waals surface area (Å²) in [6.07, 6.45) is -0.805. The number of aromatic nitrogens is 3. The molecule has 0 atom stereocenters. The second-order valence-corrected chi connectivity index (χ2v) is 7.89. The minimum atomic E-state index is -4.73. The molecule has 2 heterocycles.